The number of amides is 1. The summed E-state index contributed by atoms with van der Waals surface area (Å²) in [5.41, 5.74) is 2.24. The van der Waals surface area contributed by atoms with E-state index in [9.17, 15) is 4.79 Å². The van der Waals surface area contributed by atoms with Crippen molar-refractivity contribution in [1.29, 1.82) is 0 Å². The molecular weight excluding hydrogens is 312 g/mol. The minimum Gasteiger partial charge on any atom is -0.444 e. The van der Waals surface area contributed by atoms with Gasteiger partial charge in [0.25, 0.3) is 0 Å². The van der Waals surface area contributed by atoms with E-state index in [1.165, 1.54) is 31.2 Å². The van der Waals surface area contributed by atoms with Gasteiger partial charge in [-0.15, -0.1) is 0 Å². The lowest BCUT2D eigenvalue weighted by molar-refractivity contribution is 0.0523. The molecule has 1 fully saturated rings. The first-order valence-corrected chi connectivity index (χ1v) is 9.44. The molecule has 0 heterocycles. The largest absolute Gasteiger partial charge is 0.444 e. The quantitative estimate of drug-likeness (QED) is 0.807. The number of carbonyl (C=O) groups excluding carboxylic acids is 1. The number of nitrogens with one attached hydrogen (secondary N) is 2. The van der Waals surface area contributed by atoms with Crippen molar-refractivity contribution in [1.82, 2.24) is 10.6 Å². The Balaban J connectivity index is 1.93. The molecule has 25 heavy (non-hydrogen) atoms. The van der Waals surface area contributed by atoms with E-state index >= 15 is 0 Å². The Morgan fingerprint density at radius 3 is 2.40 bits per heavy atom. The first-order valence-electron chi connectivity index (χ1n) is 9.44. The predicted molar refractivity (Wildman–Crippen MR) is 102 cm³/mol. The first-order chi connectivity index (χ1) is 11.7. The van der Waals surface area contributed by atoms with Gasteiger partial charge in [-0.05, 0) is 50.2 Å². The molecule has 1 aromatic carbocycles. The van der Waals surface area contributed by atoms with Gasteiger partial charge in [0, 0.05) is 19.1 Å². The molecule has 1 aliphatic rings. The third-order valence-electron chi connectivity index (χ3n) is 4.99. The zero-order valence-corrected chi connectivity index (χ0v) is 16.4. The van der Waals surface area contributed by atoms with Crippen molar-refractivity contribution in [3.8, 4) is 0 Å². The minimum absolute atomic E-state index is 0.349. The van der Waals surface area contributed by atoms with Crippen molar-refractivity contribution < 1.29 is 9.53 Å². The summed E-state index contributed by atoms with van der Waals surface area (Å²) in [7, 11) is 0. The van der Waals surface area contributed by atoms with Crippen LogP contribution in [-0.2, 0) is 17.8 Å². The standard InChI is InChI=1S/C21H34N2O2/c1-20(2,3)25-19(24)23-15-17-11-7-6-10-16(17)14-22-18-12-8-9-13-21(18,4)5/h6-7,10-11,18,22H,8-9,12-15H2,1-5H3,(H,23,24). The van der Waals surface area contributed by atoms with Crippen LogP contribution < -0.4 is 10.6 Å². The Bertz CT molecular complexity index is 576. The van der Waals surface area contributed by atoms with Crippen molar-refractivity contribution in [2.24, 2.45) is 5.41 Å². The lowest BCUT2D eigenvalue weighted by Crippen LogP contribution is -2.43. The van der Waals surface area contributed by atoms with Crippen LogP contribution in [0.15, 0.2) is 24.3 Å². The lowest BCUT2D eigenvalue weighted by Gasteiger charge is -2.39. The van der Waals surface area contributed by atoms with Crippen LogP contribution >= 0.6 is 0 Å². The third-order valence-corrected chi connectivity index (χ3v) is 4.99. The van der Waals surface area contributed by atoms with Gasteiger partial charge in [0.1, 0.15) is 5.60 Å². The SMILES string of the molecule is CC(C)(C)OC(=O)NCc1ccccc1CNC1CCCCC1(C)C. The zero-order valence-electron chi connectivity index (χ0n) is 16.4. The van der Waals surface area contributed by atoms with Gasteiger partial charge in [0.15, 0.2) is 0 Å². The molecule has 1 amide bonds. The molecule has 1 atom stereocenters. The molecule has 0 aromatic heterocycles. The molecule has 140 valence electrons. The van der Waals surface area contributed by atoms with Crippen LogP contribution in [0.3, 0.4) is 0 Å². The van der Waals surface area contributed by atoms with Gasteiger partial charge in [-0.3, -0.25) is 0 Å². The highest BCUT2D eigenvalue weighted by Crippen LogP contribution is 2.35. The highest BCUT2D eigenvalue weighted by atomic mass is 16.6. The summed E-state index contributed by atoms with van der Waals surface area (Å²) in [5, 5.41) is 6.61. The van der Waals surface area contributed by atoms with Crippen molar-refractivity contribution in [3.05, 3.63) is 35.4 Å². The van der Waals surface area contributed by atoms with Gasteiger partial charge in [0.05, 0.1) is 0 Å². The van der Waals surface area contributed by atoms with Crippen molar-refractivity contribution in [2.45, 2.75) is 85.0 Å². The Kier molecular flexibility index (Phi) is 6.50. The predicted octanol–water partition coefficient (Wildman–Crippen LogP) is 4.77. The van der Waals surface area contributed by atoms with Gasteiger partial charge < -0.3 is 15.4 Å². The first kappa shape index (κ1) is 19.8. The Labute approximate surface area is 152 Å². The van der Waals surface area contributed by atoms with E-state index in [2.05, 4.69) is 42.7 Å². The van der Waals surface area contributed by atoms with Crippen LogP contribution in [0.5, 0.6) is 0 Å². The van der Waals surface area contributed by atoms with Crippen molar-refractivity contribution >= 4 is 6.09 Å². The second-order valence-corrected chi connectivity index (χ2v) is 8.79. The molecule has 2 N–H and O–H groups in total. The van der Waals surface area contributed by atoms with E-state index < -0.39 is 5.60 Å². The molecule has 0 saturated heterocycles. The van der Waals surface area contributed by atoms with Gasteiger partial charge >= 0.3 is 6.09 Å². The van der Waals surface area contributed by atoms with Crippen LogP contribution in [0, 0.1) is 5.41 Å². The molecule has 4 nitrogen and oxygen atoms in total. The molecule has 0 radical (unpaired) electrons. The van der Waals surface area contributed by atoms with Crippen LogP contribution in [-0.4, -0.2) is 17.7 Å². The fraction of sp³-hybridized carbons (Fsp3) is 0.667. The van der Waals surface area contributed by atoms with Crippen LogP contribution in [0.1, 0.15) is 71.4 Å². The molecule has 1 saturated carbocycles. The van der Waals surface area contributed by atoms with Crippen molar-refractivity contribution in [3.63, 3.8) is 0 Å². The van der Waals surface area contributed by atoms with Crippen LogP contribution in [0.2, 0.25) is 0 Å². The topological polar surface area (TPSA) is 50.4 Å². The highest BCUT2D eigenvalue weighted by molar-refractivity contribution is 5.67. The van der Waals surface area contributed by atoms with Gasteiger partial charge in [-0.2, -0.15) is 0 Å². The second-order valence-electron chi connectivity index (χ2n) is 8.79. The summed E-state index contributed by atoms with van der Waals surface area (Å²) in [4.78, 5) is 11.9. The maximum Gasteiger partial charge on any atom is 0.407 e. The molecule has 1 aliphatic carbocycles. The van der Waals surface area contributed by atoms with Crippen molar-refractivity contribution in [2.75, 3.05) is 0 Å². The average molecular weight is 347 g/mol. The molecule has 1 aromatic rings. The fourth-order valence-corrected chi connectivity index (χ4v) is 3.49. The van der Waals surface area contributed by atoms with E-state index in [0.717, 1.165) is 12.1 Å². The zero-order chi connectivity index (χ0) is 18.5. The molecule has 4 heteroatoms. The summed E-state index contributed by atoms with van der Waals surface area (Å²) in [6.07, 6.45) is 4.80. The number of carbonyl (C=O) groups is 1. The smallest absolute Gasteiger partial charge is 0.407 e. The number of hydrogen-bond acceptors (Lipinski definition) is 3. The summed E-state index contributed by atoms with van der Waals surface area (Å²) in [6, 6.07) is 8.82. The van der Waals surface area contributed by atoms with E-state index in [0.29, 0.717) is 18.0 Å². The molecule has 0 aliphatic heterocycles. The maximum atomic E-state index is 11.9. The number of hydrogen-bond donors (Lipinski definition) is 2. The summed E-state index contributed by atoms with van der Waals surface area (Å²) < 4.78 is 5.32. The molecule has 0 spiro atoms. The lowest BCUT2D eigenvalue weighted by atomic mass is 9.73. The molecule has 1 unspecified atom stereocenters. The summed E-state index contributed by atoms with van der Waals surface area (Å²) in [6.45, 7) is 11.7. The van der Waals surface area contributed by atoms with Crippen LogP contribution in [0.4, 0.5) is 4.79 Å². The van der Waals surface area contributed by atoms with Gasteiger partial charge in [-0.25, -0.2) is 4.79 Å². The Morgan fingerprint density at radius 2 is 1.80 bits per heavy atom. The third kappa shape index (κ3) is 6.35. The van der Waals surface area contributed by atoms with E-state index in [1.54, 1.807) is 0 Å². The Morgan fingerprint density at radius 1 is 1.16 bits per heavy atom. The average Bonchev–Trinajstić information content (AvgIpc) is 2.50. The van der Waals surface area contributed by atoms with E-state index in [4.69, 9.17) is 4.74 Å². The Hall–Kier alpha value is -1.55. The number of alkyl carbamates (subject to hydrolysis) is 1. The minimum atomic E-state index is -0.474. The normalized spacial score (nSPS) is 20.1. The van der Waals surface area contributed by atoms with E-state index in [1.807, 2.05) is 26.8 Å². The monoisotopic (exact) mass is 346 g/mol. The number of benzene rings is 1. The van der Waals surface area contributed by atoms with Gasteiger partial charge in [0.2, 0.25) is 0 Å². The maximum absolute atomic E-state index is 11.9. The highest BCUT2D eigenvalue weighted by Gasteiger charge is 2.31. The number of ether oxygens (including phenoxy) is 1. The molecule has 0 bridgehead atoms. The van der Waals surface area contributed by atoms with Gasteiger partial charge in [-0.1, -0.05) is 51.0 Å². The fourth-order valence-electron chi connectivity index (χ4n) is 3.49. The number of rotatable bonds is 5. The molecular formula is C21H34N2O2. The van der Waals surface area contributed by atoms with E-state index in [-0.39, 0.29) is 6.09 Å². The summed E-state index contributed by atoms with van der Waals surface area (Å²) in [5.74, 6) is 0. The molecule has 2 rings (SSSR count). The summed E-state index contributed by atoms with van der Waals surface area (Å²) >= 11 is 0. The second kappa shape index (κ2) is 8.22. The van der Waals surface area contributed by atoms with Crippen LogP contribution in [0.25, 0.3) is 0 Å².